The second kappa shape index (κ2) is 5.88. The van der Waals surface area contributed by atoms with E-state index in [2.05, 4.69) is 20.8 Å². The van der Waals surface area contributed by atoms with Gasteiger partial charge >= 0.3 is 0 Å². The number of benzene rings is 1. The van der Waals surface area contributed by atoms with E-state index in [0.29, 0.717) is 18.2 Å². The van der Waals surface area contributed by atoms with E-state index in [1.807, 2.05) is 6.07 Å². The normalized spacial score (nSPS) is 19.5. The van der Waals surface area contributed by atoms with E-state index in [9.17, 15) is 10.1 Å². The van der Waals surface area contributed by atoms with Crippen LogP contribution in [-0.4, -0.2) is 24.1 Å². The van der Waals surface area contributed by atoms with E-state index in [-0.39, 0.29) is 10.6 Å². The summed E-state index contributed by atoms with van der Waals surface area (Å²) in [5.74, 6) is 0. The summed E-state index contributed by atoms with van der Waals surface area (Å²) in [6.45, 7) is 3.34. The van der Waals surface area contributed by atoms with Gasteiger partial charge in [-0.1, -0.05) is 0 Å². The molecule has 2 rings (SSSR count). The fourth-order valence-electron chi connectivity index (χ4n) is 2.64. The number of aryl methyl sites for hydroxylation is 1. The molecular formula is C13H18BrN3O2. The lowest BCUT2D eigenvalue weighted by Crippen LogP contribution is -2.44. The second-order valence-electron chi connectivity index (χ2n) is 4.93. The van der Waals surface area contributed by atoms with Crippen molar-refractivity contribution in [3.63, 3.8) is 0 Å². The van der Waals surface area contributed by atoms with Gasteiger partial charge in [0.15, 0.2) is 0 Å². The van der Waals surface area contributed by atoms with E-state index in [0.717, 1.165) is 29.5 Å². The summed E-state index contributed by atoms with van der Waals surface area (Å²) in [6.07, 6.45) is 3.42. The van der Waals surface area contributed by atoms with E-state index < -0.39 is 0 Å². The molecule has 1 unspecified atom stereocenters. The van der Waals surface area contributed by atoms with Crippen LogP contribution < -0.4 is 10.6 Å². The van der Waals surface area contributed by atoms with Gasteiger partial charge in [-0.15, -0.1) is 0 Å². The average Bonchev–Trinajstić information content (AvgIpc) is 2.40. The molecular weight excluding hydrogens is 310 g/mol. The molecule has 0 amide bonds. The van der Waals surface area contributed by atoms with Gasteiger partial charge < -0.3 is 10.6 Å². The maximum Gasteiger partial charge on any atom is 0.273 e. The third-order valence-corrected chi connectivity index (χ3v) is 4.31. The van der Waals surface area contributed by atoms with Gasteiger partial charge in [0.2, 0.25) is 0 Å². The van der Waals surface area contributed by atoms with Gasteiger partial charge in [0.25, 0.3) is 5.69 Å². The zero-order chi connectivity index (χ0) is 14.0. The first kappa shape index (κ1) is 14.3. The Morgan fingerprint density at radius 2 is 2.26 bits per heavy atom. The molecule has 0 aliphatic carbocycles. The number of nitrogens with zero attached hydrogens (tertiary/aromatic N) is 2. The fraction of sp³-hybridized carbons (Fsp3) is 0.538. The number of halogens is 1. The Balaban J connectivity index is 2.39. The number of piperidine rings is 1. The van der Waals surface area contributed by atoms with E-state index in [4.69, 9.17) is 5.73 Å². The highest BCUT2D eigenvalue weighted by atomic mass is 79.9. The van der Waals surface area contributed by atoms with Crippen molar-refractivity contribution in [3.05, 3.63) is 32.3 Å². The summed E-state index contributed by atoms with van der Waals surface area (Å²) in [6, 6.07) is 3.80. The van der Waals surface area contributed by atoms with Crippen molar-refractivity contribution >= 4 is 27.3 Å². The Bertz CT molecular complexity index is 493. The van der Waals surface area contributed by atoms with Gasteiger partial charge in [-0.05, 0) is 48.2 Å². The topological polar surface area (TPSA) is 72.4 Å². The van der Waals surface area contributed by atoms with E-state index in [1.165, 1.54) is 6.42 Å². The Hall–Kier alpha value is -1.14. The molecule has 1 aromatic rings. The van der Waals surface area contributed by atoms with Crippen LogP contribution in [0.15, 0.2) is 16.6 Å². The van der Waals surface area contributed by atoms with Gasteiger partial charge in [0.1, 0.15) is 0 Å². The molecule has 1 heterocycles. The zero-order valence-corrected chi connectivity index (χ0v) is 12.5. The molecule has 2 N–H and O–H groups in total. The van der Waals surface area contributed by atoms with Gasteiger partial charge in [-0.3, -0.25) is 10.1 Å². The molecule has 0 bridgehead atoms. The smallest absolute Gasteiger partial charge is 0.273 e. The molecule has 104 valence electrons. The summed E-state index contributed by atoms with van der Waals surface area (Å²) in [7, 11) is 0. The maximum atomic E-state index is 10.9. The van der Waals surface area contributed by atoms with Gasteiger partial charge in [0, 0.05) is 35.2 Å². The molecule has 5 nitrogen and oxygen atoms in total. The molecule has 0 radical (unpaired) electrons. The first-order chi connectivity index (χ1) is 9.04. The predicted molar refractivity (Wildman–Crippen MR) is 79.6 cm³/mol. The lowest BCUT2D eigenvalue weighted by Gasteiger charge is -2.37. The Morgan fingerprint density at radius 3 is 2.89 bits per heavy atom. The van der Waals surface area contributed by atoms with E-state index in [1.54, 1.807) is 13.0 Å². The Labute approximate surface area is 121 Å². The molecule has 1 fully saturated rings. The third-order valence-electron chi connectivity index (χ3n) is 3.67. The molecule has 1 saturated heterocycles. The van der Waals surface area contributed by atoms with Crippen LogP contribution in [0.5, 0.6) is 0 Å². The zero-order valence-electron chi connectivity index (χ0n) is 10.9. The van der Waals surface area contributed by atoms with Crippen molar-refractivity contribution < 1.29 is 4.92 Å². The number of nitrogens with two attached hydrogens (primary N) is 1. The predicted octanol–water partition coefficient (Wildman–Crippen LogP) is 2.98. The van der Waals surface area contributed by atoms with Crippen LogP contribution in [0, 0.1) is 17.0 Å². The summed E-state index contributed by atoms with van der Waals surface area (Å²) in [5.41, 5.74) is 7.68. The molecule has 19 heavy (non-hydrogen) atoms. The number of hydrogen-bond acceptors (Lipinski definition) is 4. The second-order valence-corrected chi connectivity index (χ2v) is 5.78. The monoisotopic (exact) mass is 327 g/mol. The minimum Gasteiger partial charge on any atom is -0.366 e. The lowest BCUT2D eigenvalue weighted by molar-refractivity contribution is -0.385. The van der Waals surface area contributed by atoms with Crippen molar-refractivity contribution in [2.45, 2.75) is 32.2 Å². The quantitative estimate of drug-likeness (QED) is 0.684. The minimum atomic E-state index is -0.347. The van der Waals surface area contributed by atoms with Crippen LogP contribution in [0.1, 0.15) is 24.8 Å². The summed E-state index contributed by atoms with van der Waals surface area (Å²) >= 11 is 3.45. The van der Waals surface area contributed by atoms with Crippen molar-refractivity contribution in [1.29, 1.82) is 0 Å². The first-order valence-electron chi connectivity index (χ1n) is 6.46. The maximum absolute atomic E-state index is 10.9. The third kappa shape index (κ3) is 2.90. The summed E-state index contributed by atoms with van der Waals surface area (Å²) < 4.78 is 0.769. The highest BCUT2D eigenvalue weighted by Crippen LogP contribution is 2.35. The SMILES string of the molecule is Cc1cc(N2CCCCC2CN)c(Br)cc1[N+](=O)[O-]. The van der Waals surface area contributed by atoms with Crippen molar-refractivity contribution in [2.24, 2.45) is 5.73 Å². The highest BCUT2D eigenvalue weighted by molar-refractivity contribution is 9.10. The number of anilines is 1. The number of nitro benzene ring substituents is 1. The van der Waals surface area contributed by atoms with Gasteiger partial charge in [-0.25, -0.2) is 0 Å². The summed E-state index contributed by atoms with van der Waals surface area (Å²) in [5, 5.41) is 10.9. The number of rotatable bonds is 3. The molecule has 0 spiro atoms. The van der Waals surface area contributed by atoms with Crippen LogP contribution >= 0.6 is 15.9 Å². The molecule has 1 atom stereocenters. The van der Waals surface area contributed by atoms with Gasteiger partial charge in [-0.2, -0.15) is 0 Å². The average molecular weight is 328 g/mol. The molecule has 1 aromatic carbocycles. The molecule has 0 saturated carbocycles. The van der Waals surface area contributed by atoms with Crippen molar-refractivity contribution in [1.82, 2.24) is 0 Å². The largest absolute Gasteiger partial charge is 0.366 e. The van der Waals surface area contributed by atoms with Gasteiger partial charge in [0.05, 0.1) is 10.6 Å². The highest BCUT2D eigenvalue weighted by Gasteiger charge is 2.25. The van der Waals surface area contributed by atoms with Crippen molar-refractivity contribution in [3.8, 4) is 0 Å². The number of nitro groups is 1. The van der Waals surface area contributed by atoms with Crippen LogP contribution in [-0.2, 0) is 0 Å². The molecule has 6 heteroatoms. The number of hydrogen-bond donors (Lipinski definition) is 1. The van der Waals surface area contributed by atoms with Crippen LogP contribution in [0.2, 0.25) is 0 Å². The molecule has 1 aliphatic heterocycles. The summed E-state index contributed by atoms with van der Waals surface area (Å²) in [4.78, 5) is 12.9. The van der Waals surface area contributed by atoms with E-state index >= 15 is 0 Å². The van der Waals surface area contributed by atoms with Crippen LogP contribution in [0.4, 0.5) is 11.4 Å². The standard InChI is InChI=1S/C13H18BrN3O2/c1-9-6-13(11(14)7-12(9)17(18)19)16-5-3-2-4-10(16)8-15/h6-7,10H,2-5,8,15H2,1H3. The van der Waals surface area contributed by atoms with Crippen LogP contribution in [0.3, 0.4) is 0 Å². The first-order valence-corrected chi connectivity index (χ1v) is 7.25. The lowest BCUT2D eigenvalue weighted by atomic mass is 10.0. The minimum absolute atomic E-state index is 0.150. The van der Waals surface area contributed by atoms with Crippen LogP contribution in [0.25, 0.3) is 0 Å². The Morgan fingerprint density at radius 1 is 1.53 bits per heavy atom. The van der Waals surface area contributed by atoms with Crippen molar-refractivity contribution in [2.75, 3.05) is 18.0 Å². The molecule has 1 aliphatic rings. The fourth-order valence-corrected chi connectivity index (χ4v) is 3.19. The Kier molecular flexibility index (Phi) is 4.42. The molecule has 0 aromatic heterocycles.